The minimum Gasteiger partial charge on any atom is -0.394 e. The molecule has 0 saturated carbocycles. The summed E-state index contributed by atoms with van der Waals surface area (Å²) in [6, 6.07) is 8.05. The van der Waals surface area contributed by atoms with Gasteiger partial charge in [-0.05, 0) is 24.8 Å². The molecular formula is C34H46N4O6. The summed E-state index contributed by atoms with van der Waals surface area (Å²) in [5, 5.41) is 10.8. The zero-order chi connectivity index (χ0) is 30.9. The fourth-order valence-corrected chi connectivity index (χ4v) is 8.09. The monoisotopic (exact) mass is 606 g/mol. The van der Waals surface area contributed by atoms with Crippen molar-refractivity contribution in [3.05, 3.63) is 60.2 Å². The molecule has 1 aromatic rings. The number of amides is 3. The van der Waals surface area contributed by atoms with Crippen LogP contribution in [0.3, 0.4) is 0 Å². The molecule has 6 atom stereocenters. The van der Waals surface area contributed by atoms with Gasteiger partial charge in [-0.25, -0.2) is 0 Å². The number of aliphatic hydroxyl groups is 1. The minimum absolute atomic E-state index is 0.104. The molecule has 3 amide bonds. The van der Waals surface area contributed by atoms with Crippen molar-refractivity contribution < 1.29 is 29.0 Å². The zero-order valence-corrected chi connectivity index (χ0v) is 26.0. The van der Waals surface area contributed by atoms with Crippen molar-refractivity contribution in [2.24, 2.45) is 11.8 Å². The van der Waals surface area contributed by atoms with Gasteiger partial charge in [0.1, 0.15) is 11.6 Å². The zero-order valence-electron chi connectivity index (χ0n) is 26.0. The van der Waals surface area contributed by atoms with E-state index in [1.54, 1.807) is 4.90 Å². The fourth-order valence-electron chi connectivity index (χ4n) is 8.09. The number of likely N-dealkylation sites (tertiary alicyclic amines) is 1. The summed E-state index contributed by atoms with van der Waals surface area (Å²) >= 11 is 0. The van der Waals surface area contributed by atoms with E-state index in [4.69, 9.17) is 9.47 Å². The van der Waals surface area contributed by atoms with Crippen LogP contribution in [0.2, 0.25) is 0 Å². The van der Waals surface area contributed by atoms with E-state index in [0.717, 1.165) is 25.1 Å². The molecule has 1 unspecified atom stereocenters. The molecule has 5 aliphatic heterocycles. The van der Waals surface area contributed by atoms with Crippen LogP contribution >= 0.6 is 0 Å². The fraction of sp³-hybridized carbons (Fsp3) is 0.618. The second kappa shape index (κ2) is 12.7. The molecule has 238 valence electrons. The second-order valence-electron chi connectivity index (χ2n) is 12.7. The van der Waals surface area contributed by atoms with Crippen molar-refractivity contribution in [1.82, 2.24) is 19.6 Å². The number of morpholine rings is 1. The average Bonchev–Trinajstić information content (AvgIpc) is 3.35. The standard InChI is InChI=1S/C34H46N4O6/c1-3-14-36-15-8-12-33(4-2)27(30(36)40)28-31(41)38(26(24-39)23-25-10-6-5-7-11-25)29-32(42)37(16-9-13-34(28,29)44-33)18-17-35-19-21-43-22-20-35/h5-13,26-29,39H,3-4,14-24H2,1-2H3/t26-,27-,28+,29?,33+,34+/m1/s1. The molecule has 1 spiro atoms. The highest BCUT2D eigenvalue weighted by atomic mass is 16.5. The van der Waals surface area contributed by atoms with Gasteiger partial charge < -0.3 is 29.3 Å². The van der Waals surface area contributed by atoms with E-state index in [1.807, 2.05) is 78.3 Å². The average molecular weight is 607 g/mol. The van der Waals surface area contributed by atoms with E-state index >= 15 is 0 Å². The number of fused-ring (bicyclic) bond motifs is 2. The Bertz CT molecular complexity index is 1280. The third-order valence-corrected chi connectivity index (χ3v) is 10.2. The van der Waals surface area contributed by atoms with Crippen LogP contribution in [0.4, 0.5) is 0 Å². The molecule has 5 heterocycles. The van der Waals surface area contributed by atoms with E-state index in [1.165, 1.54) is 0 Å². The van der Waals surface area contributed by atoms with Gasteiger partial charge in [-0.1, -0.05) is 68.5 Å². The van der Waals surface area contributed by atoms with Crippen LogP contribution in [0.1, 0.15) is 32.3 Å². The lowest BCUT2D eigenvalue weighted by molar-refractivity contribution is -0.157. The molecule has 3 saturated heterocycles. The molecule has 0 aliphatic carbocycles. The lowest BCUT2D eigenvalue weighted by Gasteiger charge is -2.41. The van der Waals surface area contributed by atoms with Crippen molar-refractivity contribution >= 4 is 17.7 Å². The van der Waals surface area contributed by atoms with Crippen molar-refractivity contribution in [3.63, 3.8) is 0 Å². The second-order valence-corrected chi connectivity index (χ2v) is 12.7. The number of rotatable bonds is 10. The summed E-state index contributed by atoms with van der Waals surface area (Å²) < 4.78 is 12.6. The van der Waals surface area contributed by atoms with E-state index in [-0.39, 0.29) is 24.3 Å². The summed E-state index contributed by atoms with van der Waals surface area (Å²) in [7, 11) is 0. The number of benzene rings is 1. The Morgan fingerprint density at radius 2 is 1.59 bits per heavy atom. The Hall–Kier alpha value is -3.05. The van der Waals surface area contributed by atoms with Crippen molar-refractivity contribution in [3.8, 4) is 0 Å². The number of hydrogen-bond acceptors (Lipinski definition) is 7. The summed E-state index contributed by atoms with van der Waals surface area (Å²) in [5.41, 5.74) is -1.38. The Kier molecular flexibility index (Phi) is 8.97. The van der Waals surface area contributed by atoms with E-state index < -0.39 is 35.1 Å². The van der Waals surface area contributed by atoms with Gasteiger partial charge in [0.05, 0.1) is 43.3 Å². The lowest BCUT2D eigenvalue weighted by Crippen LogP contribution is -2.59. The van der Waals surface area contributed by atoms with Gasteiger partial charge in [-0.3, -0.25) is 19.3 Å². The third kappa shape index (κ3) is 5.19. The number of hydrogen-bond donors (Lipinski definition) is 1. The molecule has 0 bridgehead atoms. The Morgan fingerprint density at radius 3 is 2.27 bits per heavy atom. The predicted octanol–water partition coefficient (Wildman–Crippen LogP) is 1.49. The van der Waals surface area contributed by atoms with Crippen molar-refractivity contribution in [2.45, 2.75) is 56.4 Å². The maximum Gasteiger partial charge on any atom is 0.249 e. The van der Waals surface area contributed by atoms with Gasteiger partial charge in [0.15, 0.2) is 0 Å². The van der Waals surface area contributed by atoms with E-state index in [9.17, 15) is 19.5 Å². The molecule has 6 rings (SSSR count). The summed E-state index contributed by atoms with van der Waals surface area (Å²) in [6.07, 6.45) is 9.47. The van der Waals surface area contributed by atoms with Crippen LogP contribution in [-0.4, -0.2) is 131 Å². The number of aliphatic hydroxyl groups excluding tert-OH is 1. The first kappa shape index (κ1) is 31.0. The largest absolute Gasteiger partial charge is 0.394 e. The van der Waals surface area contributed by atoms with Crippen LogP contribution in [0.25, 0.3) is 0 Å². The summed E-state index contributed by atoms with van der Waals surface area (Å²) in [4.78, 5) is 51.4. The Morgan fingerprint density at radius 1 is 0.886 bits per heavy atom. The van der Waals surface area contributed by atoms with Crippen molar-refractivity contribution in [1.29, 1.82) is 0 Å². The molecular weight excluding hydrogens is 560 g/mol. The minimum atomic E-state index is -1.33. The quantitative estimate of drug-likeness (QED) is 0.403. The van der Waals surface area contributed by atoms with Crippen molar-refractivity contribution in [2.75, 3.05) is 65.6 Å². The Balaban J connectivity index is 1.42. The van der Waals surface area contributed by atoms with Crippen LogP contribution in [-0.2, 0) is 30.3 Å². The maximum absolute atomic E-state index is 14.9. The number of ether oxygens (including phenoxy) is 2. The smallest absolute Gasteiger partial charge is 0.249 e. The molecule has 0 radical (unpaired) electrons. The van der Waals surface area contributed by atoms with Crippen LogP contribution in [0, 0.1) is 11.8 Å². The number of carbonyl (C=O) groups is 3. The highest BCUT2D eigenvalue weighted by Gasteiger charge is 2.75. The van der Waals surface area contributed by atoms with Gasteiger partial charge in [0, 0.05) is 45.8 Å². The summed E-state index contributed by atoms with van der Waals surface area (Å²) in [5.74, 6) is -2.25. The predicted molar refractivity (Wildman–Crippen MR) is 164 cm³/mol. The molecule has 44 heavy (non-hydrogen) atoms. The first-order valence-corrected chi connectivity index (χ1v) is 16.3. The molecule has 0 aromatic heterocycles. The van der Waals surface area contributed by atoms with E-state index in [2.05, 4.69) is 4.90 Å². The topological polar surface area (TPSA) is 103 Å². The molecule has 1 N–H and O–H groups in total. The molecule has 3 fully saturated rings. The lowest BCUT2D eigenvalue weighted by atomic mass is 9.73. The van der Waals surface area contributed by atoms with Gasteiger partial charge in [0.25, 0.3) is 0 Å². The number of nitrogens with zero attached hydrogens (tertiary/aromatic N) is 4. The summed E-state index contributed by atoms with van der Waals surface area (Å²) in [6.45, 7) is 9.30. The first-order chi connectivity index (χ1) is 21.4. The van der Waals surface area contributed by atoms with Crippen LogP contribution < -0.4 is 0 Å². The van der Waals surface area contributed by atoms with Gasteiger partial charge in [0.2, 0.25) is 17.7 Å². The third-order valence-electron chi connectivity index (χ3n) is 10.2. The number of carbonyl (C=O) groups excluding carboxylic acids is 3. The molecule has 1 aromatic carbocycles. The van der Waals surface area contributed by atoms with Gasteiger partial charge in [-0.15, -0.1) is 0 Å². The highest BCUT2D eigenvalue weighted by Crippen LogP contribution is 2.59. The first-order valence-electron chi connectivity index (χ1n) is 16.3. The van der Waals surface area contributed by atoms with Crippen LogP contribution in [0.5, 0.6) is 0 Å². The van der Waals surface area contributed by atoms with Crippen LogP contribution in [0.15, 0.2) is 54.6 Å². The molecule has 5 aliphatic rings. The van der Waals surface area contributed by atoms with Gasteiger partial charge >= 0.3 is 0 Å². The highest BCUT2D eigenvalue weighted by molar-refractivity contribution is 6.00. The Labute approximate surface area is 260 Å². The van der Waals surface area contributed by atoms with E-state index in [0.29, 0.717) is 58.8 Å². The maximum atomic E-state index is 14.9. The molecule has 10 nitrogen and oxygen atoms in total. The normalized spacial score (nSPS) is 32.8. The van der Waals surface area contributed by atoms with Gasteiger partial charge in [-0.2, -0.15) is 0 Å². The molecule has 10 heteroatoms. The SMILES string of the molecule is CCCN1CC=C[C@]2(CC)O[C@]34C=CCN(CCN5CCOCC5)C(=O)C3N([C@@H](CO)Cc3ccccc3)C(=O)[C@@H]4[C@@H]2C1=O.